The first-order valence-electron chi connectivity index (χ1n) is 7.51. The Bertz CT molecular complexity index is 482. The van der Waals surface area contributed by atoms with Gasteiger partial charge in [-0.15, -0.1) is 0 Å². The van der Waals surface area contributed by atoms with E-state index in [1.54, 1.807) is 4.68 Å². The Morgan fingerprint density at radius 2 is 2.10 bits per heavy atom. The first kappa shape index (κ1) is 14.9. The third kappa shape index (κ3) is 3.14. The molecule has 5 heteroatoms. The molecule has 0 amide bonds. The number of carbonyl (C=O) groups is 1. The number of hydrogen-bond acceptors (Lipinski definition) is 4. The number of ether oxygens (including phenoxy) is 1. The van der Waals surface area contributed by atoms with Crippen LogP contribution in [0, 0.1) is 19.8 Å². The maximum Gasteiger partial charge on any atom is 0.328 e. The van der Waals surface area contributed by atoms with Gasteiger partial charge in [0.05, 0.1) is 17.1 Å². The molecule has 1 saturated carbocycles. The molecule has 2 rings (SSSR count). The lowest BCUT2D eigenvalue weighted by molar-refractivity contribution is -0.154. The van der Waals surface area contributed by atoms with Gasteiger partial charge in [0.25, 0.3) is 0 Å². The van der Waals surface area contributed by atoms with Crippen LogP contribution in [0.5, 0.6) is 0 Å². The molecule has 0 bridgehead atoms. The van der Waals surface area contributed by atoms with E-state index in [1.807, 2.05) is 13.8 Å². The quantitative estimate of drug-likeness (QED) is 0.860. The van der Waals surface area contributed by atoms with Crippen molar-refractivity contribution in [3.63, 3.8) is 0 Å². The van der Waals surface area contributed by atoms with Crippen molar-refractivity contribution in [3.05, 3.63) is 11.4 Å². The molecule has 1 aliphatic rings. The highest BCUT2D eigenvalue weighted by Crippen LogP contribution is 2.29. The summed E-state index contributed by atoms with van der Waals surface area (Å²) in [4.78, 5) is 12.1. The molecule has 1 aromatic rings. The van der Waals surface area contributed by atoms with Gasteiger partial charge in [0.15, 0.2) is 0 Å². The van der Waals surface area contributed by atoms with E-state index < -0.39 is 0 Å². The molecule has 0 aliphatic heterocycles. The van der Waals surface area contributed by atoms with E-state index >= 15 is 0 Å². The molecule has 0 radical (unpaired) electrons. The Kier molecular flexibility index (Phi) is 4.68. The highest BCUT2D eigenvalue weighted by atomic mass is 16.5. The maximum atomic E-state index is 12.1. The number of aromatic nitrogens is 2. The number of rotatable bonds is 4. The van der Waals surface area contributed by atoms with Crippen LogP contribution in [0.25, 0.3) is 0 Å². The number of hydrogen-bond donors (Lipinski definition) is 1. The van der Waals surface area contributed by atoms with Crippen LogP contribution < -0.4 is 5.73 Å². The normalized spacial score (nSPS) is 22.8. The summed E-state index contributed by atoms with van der Waals surface area (Å²) in [5.41, 5.74) is 8.12. The predicted molar refractivity (Wildman–Crippen MR) is 78.2 cm³/mol. The van der Waals surface area contributed by atoms with Gasteiger partial charge >= 0.3 is 5.97 Å². The highest BCUT2D eigenvalue weighted by Gasteiger charge is 2.27. The summed E-state index contributed by atoms with van der Waals surface area (Å²) in [6.07, 6.45) is 5.72. The summed E-state index contributed by atoms with van der Waals surface area (Å²) >= 11 is 0. The third-order valence-electron chi connectivity index (χ3n) is 4.36. The first-order chi connectivity index (χ1) is 9.52. The Balaban J connectivity index is 1.96. The highest BCUT2D eigenvalue weighted by molar-refractivity contribution is 5.69. The molecule has 1 fully saturated rings. The van der Waals surface area contributed by atoms with Crippen molar-refractivity contribution in [3.8, 4) is 0 Å². The number of nitrogen functional groups attached to an aromatic ring is 1. The second-order valence-electron chi connectivity index (χ2n) is 5.72. The summed E-state index contributed by atoms with van der Waals surface area (Å²) in [5.74, 6) is 0.305. The molecular formula is C15H25N3O2. The molecule has 2 atom stereocenters. The van der Waals surface area contributed by atoms with Crippen LogP contribution in [0.4, 0.5) is 5.69 Å². The summed E-state index contributed by atoms with van der Waals surface area (Å²) in [7, 11) is 0. The van der Waals surface area contributed by atoms with Gasteiger partial charge in [-0.2, -0.15) is 5.10 Å². The van der Waals surface area contributed by atoms with Crippen molar-refractivity contribution in [1.82, 2.24) is 9.78 Å². The van der Waals surface area contributed by atoms with E-state index in [2.05, 4.69) is 12.0 Å². The zero-order valence-electron chi connectivity index (χ0n) is 12.7. The Hall–Kier alpha value is -1.52. The molecule has 112 valence electrons. The van der Waals surface area contributed by atoms with Crippen molar-refractivity contribution in [2.24, 2.45) is 5.92 Å². The van der Waals surface area contributed by atoms with Crippen LogP contribution in [0.3, 0.4) is 0 Å². The maximum absolute atomic E-state index is 12.1. The largest absolute Gasteiger partial charge is 0.461 e. The average Bonchev–Trinajstić information content (AvgIpc) is 2.67. The minimum absolute atomic E-state index is 0.0792. The lowest BCUT2D eigenvalue weighted by Gasteiger charge is -2.30. The van der Waals surface area contributed by atoms with Gasteiger partial charge in [0, 0.05) is 0 Å². The summed E-state index contributed by atoms with van der Waals surface area (Å²) in [5, 5.41) is 4.27. The van der Waals surface area contributed by atoms with Crippen LogP contribution in [0.1, 0.15) is 50.4 Å². The Labute approximate surface area is 120 Å². The molecule has 0 saturated heterocycles. The molecule has 0 aromatic carbocycles. The van der Waals surface area contributed by atoms with Crippen molar-refractivity contribution >= 4 is 11.7 Å². The monoisotopic (exact) mass is 279 g/mol. The van der Waals surface area contributed by atoms with E-state index in [4.69, 9.17) is 10.5 Å². The van der Waals surface area contributed by atoms with Gasteiger partial charge in [0.2, 0.25) is 0 Å². The fourth-order valence-electron chi connectivity index (χ4n) is 2.99. The van der Waals surface area contributed by atoms with Gasteiger partial charge in [-0.25, -0.2) is 0 Å². The molecule has 0 spiro atoms. The van der Waals surface area contributed by atoms with Crippen LogP contribution in [0.2, 0.25) is 0 Å². The number of aryl methyl sites for hydroxylation is 1. The summed E-state index contributed by atoms with van der Waals surface area (Å²) in [6, 6.07) is 0. The molecule has 1 aromatic heterocycles. The van der Waals surface area contributed by atoms with Gasteiger partial charge in [-0.3, -0.25) is 9.48 Å². The SMILES string of the molecule is CCC1CCCCC1OC(=O)Cn1nc(C)c(N)c1C. The zero-order valence-corrected chi connectivity index (χ0v) is 12.7. The molecule has 1 heterocycles. The topological polar surface area (TPSA) is 70.1 Å². The standard InChI is InChI=1S/C15H25N3O2/c1-4-12-7-5-6-8-13(12)20-14(19)9-18-11(3)15(16)10(2)17-18/h12-13H,4-9,16H2,1-3H3. The lowest BCUT2D eigenvalue weighted by atomic mass is 9.85. The van der Waals surface area contributed by atoms with Crippen LogP contribution in [0.15, 0.2) is 0 Å². The third-order valence-corrected chi connectivity index (χ3v) is 4.36. The average molecular weight is 279 g/mol. The van der Waals surface area contributed by atoms with Crippen molar-refractivity contribution in [2.45, 2.75) is 65.5 Å². The lowest BCUT2D eigenvalue weighted by Crippen LogP contribution is -2.31. The smallest absolute Gasteiger partial charge is 0.328 e. The number of esters is 1. The van der Waals surface area contributed by atoms with E-state index in [0.717, 1.165) is 30.7 Å². The fourth-order valence-corrected chi connectivity index (χ4v) is 2.99. The molecule has 2 N–H and O–H groups in total. The Morgan fingerprint density at radius 1 is 1.40 bits per heavy atom. The zero-order chi connectivity index (χ0) is 14.7. The van der Waals surface area contributed by atoms with E-state index in [0.29, 0.717) is 11.6 Å². The number of carbonyl (C=O) groups excluding carboxylic acids is 1. The van der Waals surface area contributed by atoms with E-state index in [9.17, 15) is 4.79 Å². The minimum atomic E-state index is -0.207. The fraction of sp³-hybridized carbons (Fsp3) is 0.733. The summed E-state index contributed by atoms with van der Waals surface area (Å²) in [6.45, 7) is 6.03. The molecular weight excluding hydrogens is 254 g/mol. The molecule has 2 unspecified atom stereocenters. The van der Waals surface area contributed by atoms with E-state index in [-0.39, 0.29) is 18.6 Å². The minimum Gasteiger partial charge on any atom is -0.461 e. The number of nitrogens with two attached hydrogens (primary N) is 1. The van der Waals surface area contributed by atoms with Gasteiger partial charge in [-0.1, -0.05) is 13.3 Å². The van der Waals surface area contributed by atoms with Crippen LogP contribution >= 0.6 is 0 Å². The molecule has 5 nitrogen and oxygen atoms in total. The van der Waals surface area contributed by atoms with Crippen LogP contribution in [-0.4, -0.2) is 21.9 Å². The number of nitrogens with zero attached hydrogens (tertiary/aromatic N) is 2. The van der Waals surface area contributed by atoms with Crippen molar-refractivity contribution in [2.75, 3.05) is 5.73 Å². The predicted octanol–water partition coefficient (Wildman–Crippen LogP) is 2.59. The number of anilines is 1. The molecule has 1 aliphatic carbocycles. The van der Waals surface area contributed by atoms with Gasteiger partial charge in [-0.05, 0) is 45.4 Å². The first-order valence-corrected chi connectivity index (χ1v) is 7.51. The van der Waals surface area contributed by atoms with Crippen molar-refractivity contribution < 1.29 is 9.53 Å². The Morgan fingerprint density at radius 3 is 2.70 bits per heavy atom. The van der Waals surface area contributed by atoms with Gasteiger partial charge in [0.1, 0.15) is 12.6 Å². The molecule has 20 heavy (non-hydrogen) atoms. The van der Waals surface area contributed by atoms with Crippen molar-refractivity contribution in [1.29, 1.82) is 0 Å². The van der Waals surface area contributed by atoms with Gasteiger partial charge < -0.3 is 10.5 Å². The second-order valence-corrected chi connectivity index (χ2v) is 5.72. The van der Waals surface area contributed by atoms with E-state index in [1.165, 1.54) is 12.8 Å². The van der Waals surface area contributed by atoms with Crippen LogP contribution in [-0.2, 0) is 16.1 Å². The second kappa shape index (κ2) is 6.29. The summed E-state index contributed by atoms with van der Waals surface area (Å²) < 4.78 is 7.30.